The Morgan fingerprint density at radius 3 is 2.81 bits per heavy atom. The molecular weight excluding hydrogens is 272 g/mol. The van der Waals surface area contributed by atoms with E-state index in [1.165, 1.54) is 7.11 Å². The van der Waals surface area contributed by atoms with Crippen molar-refractivity contribution in [2.45, 2.75) is 6.42 Å². The molecule has 1 heterocycles. The van der Waals surface area contributed by atoms with Crippen LogP contribution in [0.3, 0.4) is 0 Å². The Hall–Kier alpha value is -2.08. The number of nitrogens with zero attached hydrogens (tertiary/aromatic N) is 1. The number of rotatable bonds is 5. The lowest BCUT2D eigenvalue weighted by Crippen LogP contribution is -2.32. The standard InChI is InChI=1S/C15H20N2O4/c1-20-13-6-4-3-5-12(13)16-14(18)10-17-8-7-11(9-17)15(19)21-2/h3-6,11H,7-10H2,1-2H3,(H,16,18). The minimum absolute atomic E-state index is 0.120. The maximum absolute atomic E-state index is 12.1. The number of hydrogen-bond acceptors (Lipinski definition) is 5. The van der Waals surface area contributed by atoms with Crippen LogP contribution in [-0.2, 0) is 14.3 Å². The highest BCUT2D eigenvalue weighted by Gasteiger charge is 2.29. The number of esters is 1. The zero-order valence-corrected chi connectivity index (χ0v) is 12.3. The molecule has 21 heavy (non-hydrogen) atoms. The van der Waals surface area contributed by atoms with Crippen LogP contribution in [0.25, 0.3) is 0 Å². The van der Waals surface area contributed by atoms with E-state index in [0.29, 0.717) is 18.0 Å². The number of hydrogen-bond donors (Lipinski definition) is 1. The van der Waals surface area contributed by atoms with Gasteiger partial charge in [-0.15, -0.1) is 0 Å². The third-order valence-electron chi connectivity index (χ3n) is 3.56. The topological polar surface area (TPSA) is 67.9 Å². The van der Waals surface area contributed by atoms with E-state index < -0.39 is 0 Å². The molecule has 0 aromatic heterocycles. The molecule has 2 rings (SSSR count). The van der Waals surface area contributed by atoms with Gasteiger partial charge in [-0.05, 0) is 25.1 Å². The van der Waals surface area contributed by atoms with E-state index >= 15 is 0 Å². The molecule has 1 aliphatic heterocycles. The molecule has 6 nitrogen and oxygen atoms in total. The summed E-state index contributed by atoms with van der Waals surface area (Å²) < 4.78 is 9.92. The predicted octanol–water partition coefficient (Wildman–Crippen LogP) is 1.13. The Labute approximate surface area is 124 Å². The average Bonchev–Trinajstić information content (AvgIpc) is 2.95. The SMILES string of the molecule is COC(=O)C1CCN(CC(=O)Nc2ccccc2OC)C1. The Kier molecular flexibility index (Phi) is 5.16. The van der Waals surface area contributed by atoms with Gasteiger partial charge >= 0.3 is 5.97 Å². The Balaban J connectivity index is 1.87. The summed E-state index contributed by atoms with van der Waals surface area (Å²) in [5.41, 5.74) is 0.647. The van der Waals surface area contributed by atoms with E-state index in [4.69, 9.17) is 9.47 Å². The van der Waals surface area contributed by atoms with Gasteiger partial charge in [0, 0.05) is 6.54 Å². The van der Waals surface area contributed by atoms with Crippen molar-refractivity contribution >= 4 is 17.6 Å². The van der Waals surface area contributed by atoms with Crippen molar-refractivity contribution < 1.29 is 19.1 Å². The van der Waals surface area contributed by atoms with Crippen molar-refractivity contribution in [1.82, 2.24) is 4.90 Å². The molecule has 6 heteroatoms. The van der Waals surface area contributed by atoms with Gasteiger partial charge in [0.15, 0.2) is 0 Å². The zero-order chi connectivity index (χ0) is 15.2. The number of para-hydroxylation sites is 2. The molecular formula is C15H20N2O4. The largest absolute Gasteiger partial charge is 0.495 e. The van der Waals surface area contributed by atoms with Crippen molar-refractivity contribution in [3.63, 3.8) is 0 Å². The quantitative estimate of drug-likeness (QED) is 0.824. The van der Waals surface area contributed by atoms with E-state index in [-0.39, 0.29) is 24.3 Å². The van der Waals surface area contributed by atoms with Crippen molar-refractivity contribution in [2.75, 3.05) is 39.2 Å². The number of benzene rings is 1. The molecule has 0 aliphatic carbocycles. The molecule has 1 aromatic carbocycles. The van der Waals surface area contributed by atoms with Crippen molar-refractivity contribution in [3.05, 3.63) is 24.3 Å². The van der Waals surface area contributed by atoms with Crippen LogP contribution in [0.4, 0.5) is 5.69 Å². The van der Waals surface area contributed by atoms with Gasteiger partial charge in [0.05, 0.1) is 32.4 Å². The second kappa shape index (κ2) is 7.08. The number of anilines is 1. The van der Waals surface area contributed by atoms with Gasteiger partial charge in [0.2, 0.25) is 5.91 Å². The maximum Gasteiger partial charge on any atom is 0.310 e. The molecule has 1 aliphatic rings. The maximum atomic E-state index is 12.1. The highest BCUT2D eigenvalue weighted by Crippen LogP contribution is 2.23. The van der Waals surface area contributed by atoms with Gasteiger partial charge in [0.25, 0.3) is 0 Å². The van der Waals surface area contributed by atoms with Crippen LogP contribution in [0.15, 0.2) is 24.3 Å². The molecule has 1 saturated heterocycles. The first-order chi connectivity index (χ1) is 10.1. The smallest absolute Gasteiger partial charge is 0.310 e. The van der Waals surface area contributed by atoms with Gasteiger partial charge in [-0.1, -0.05) is 12.1 Å². The highest BCUT2D eigenvalue weighted by atomic mass is 16.5. The number of amides is 1. The lowest BCUT2D eigenvalue weighted by Gasteiger charge is -2.16. The van der Waals surface area contributed by atoms with E-state index in [2.05, 4.69) is 5.32 Å². The van der Waals surface area contributed by atoms with Crippen LogP contribution in [0.5, 0.6) is 5.75 Å². The summed E-state index contributed by atoms with van der Waals surface area (Å²) in [5, 5.41) is 2.82. The van der Waals surface area contributed by atoms with Crippen LogP contribution >= 0.6 is 0 Å². The molecule has 1 unspecified atom stereocenters. The molecule has 0 spiro atoms. The van der Waals surface area contributed by atoms with Gasteiger partial charge in [-0.3, -0.25) is 14.5 Å². The predicted molar refractivity (Wildman–Crippen MR) is 78.2 cm³/mol. The number of carbonyl (C=O) groups is 2. The van der Waals surface area contributed by atoms with Gasteiger partial charge in [-0.2, -0.15) is 0 Å². The second-order valence-corrected chi connectivity index (χ2v) is 4.99. The summed E-state index contributed by atoms with van der Waals surface area (Å²) >= 11 is 0. The molecule has 114 valence electrons. The molecule has 0 radical (unpaired) electrons. The molecule has 1 atom stereocenters. The molecule has 1 N–H and O–H groups in total. The Morgan fingerprint density at radius 2 is 2.10 bits per heavy atom. The second-order valence-electron chi connectivity index (χ2n) is 4.99. The minimum Gasteiger partial charge on any atom is -0.495 e. The van der Waals surface area contributed by atoms with E-state index in [1.54, 1.807) is 19.2 Å². The number of methoxy groups -OCH3 is 2. The molecule has 0 saturated carbocycles. The van der Waals surface area contributed by atoms with E-state index in [9.17, 15) is 9.59 Å². The third-order valence-corrected chi connectivity index (χ3v) is 3.56. The Morgan fingerprint density at radius 1 is 1.33 bits per heavy atom. The highest BCUT2D eigenvalue weighted by molar-refractivity contribution is 5.93. The summed E-state index contributed by atoms with van der Waals surface area (Å²) in [6.45, 7) is 1.54. The fraction of sp³-hybridized carbons (Fsp3) is 0.467. The van der Waals surface area contributed by atoms with Crippen LogP contribution in [0.1, 0.15) is 6.42 Å². The molecule has 1 fully saturated rings. The minimum atomic E-state index is -0.206. The number of nitrogens with one attached hydrogen (secondary N) is 1. The zero-order valence-electron chi connectivity index (χ0n) is 12.3. The summed E-state index contributed by atoms with van der Waals surface area (Å²) in [6, 6.07) is 7.26. The normalized spacial score (nSPS) is 18.3. The van der Waals surface area contributed by atoms with Crippen molar-refractivity contribution in [3.8, 4) is 5.75 Å². The fourth-order valence-electron chi connectivity index (χ4n) is 2.48. The monoisotopic (exact) mass is 292 g/mol. The Bertz CT molecular complexity index is 518. The number of carbonyl (C=O) groups excluding carboxylic acids is 2. The number of ether oxygens (including phenoxy) is 2. The van der Waals surface area contributed by atoms with Gasteiger partial charge in [0.1, 0.15) is 5.75 Å². The summed E-state index contributed by atoms with van der Waals surface area (Å²) in [4.78, 5) is 25.5. The summed E-state index contributed by atoms with van der Waals surface area (Å²) in [5.74, 6) is 0.168. The first kappa shape index (κ1) is 15.3. The first-order valence-electron chi connectivity index (χ1n) is 6.87. The molecule has 1 aromatic rings. The van der Waals surface area contributed by atoms with E-state index in [1.807, 2.05) is 17.0 Å². The summed E-state index contributed by atoms with van der Waals surface area (Å²) in [6.07, 6.45) is 0.731. The van der Waals surface area contributed by atoms with Crippen LogP contribution < -0.4 is 10.1 Å². The molecule has 1 amide bonds. The van der Waals surface area contributed by atoms with Crippen molar-refractivity contribution in [2.24, 2.45) is 5.92 Å². The van der Waals surface area contributed by atoms with Crippen LogP contribution in [0.2, 0.25) is 0 Å². The van der Waals surface area contributed by atoms with Crippen molar-refractivity contribution in [1.29, 1.82) is 0 Å². The lowest BCUT2D eigenvalue weighted by atomic mass is 10.1. The molecule has 0 bridgehead atoms. The number of likely N-dealkylation sites (tertiary alicyclic amines) is 1. The third kappa shape index (κ3) is 3.95. The summed E-state index contributed by atoms with van der Waals surface area (Å²) in [7, 11) is 2.95. The lowest BCUT2D eigenvalue weighted by molar-refractivity contribution is -0.145. The van der Waals surface area contributed by atoms with Crippen LogP contribution in [0, 0.1) is 5.92 Å². The van der Waals surface area contributed by atoms with Crippen LogP contribution in [-0.4, -0.2) is 50.6 Å². The van der Waals surface area contributed by atoms with E-state index in [0.717, 1.165) is 13.0 Å². The average molecular weight is 292 g/mol. The van der Waals surface area contributed by atoms with Gasteiger partial charge < -0.3 is 14.8 Å². The van der Waals surface area contributed by atoms with Gasteiger partial charge in [-0.25, -0.2) is 0 Å². The fourth-order valence-corrected chi connectivity index (χ4v) is 2.48. The first-order valence-corrected chi connectivity index (χ1v) is 6.87.